The topological polar surface area (TPSA) is 34.5 Å². The quantitative estimate of drug-likeness (QED) is 0.525. The van der Waals surface area contributed by atoms with E-state index in [0.717, 1.165) is 0 Å². The van der Waals surface area contributed by atoms with Crippen LogP contribution in [0.4, 0.5) is 13.2 Å². The summed E-state index contributed by atoms with van der Waals surface area (Å²) < 4.78 is 52.1. The number of carbonyl (C=O) groups excluding carboxylic acids is 1. The molecule has 1 amide bonds. The van der Waals surface area contributed by atoms with Gasteiger partial charge in [0.25, 0.3) is 5.91 Å². The number of carbonyl (C=O) groups is 1. The van der Waals surface area contributed by atoms with E-state index >= 15 is 8.78 Å². The SMILES string of the molecule is Cc1c(-c2ccc(F)c(Cl)c2)c(C(=O)N2CCOCC2)n2c1C(F)(F)c1ccccc1C2. The predicted octanol–water partition coefficient (Wildman–Crippen LogP) is 5.23. The highest BCUT2D eigenvalue weighted by Gasteiger charge is 2.46. The van der Waals surface area contributed by atoms with Gasteiger partial charge >= 0.3 is 5.92 Å². The minimum absolute atomic E-state index is 0.0674. The molecule has 0 spiro atoms. The molecule has 3 heterocycles. The zero-order chi connectivity index (χ0) is 22.6. The summed E-state index contributed by atoms with van der Waals surface area (Å²) in [6.07, 6.45) is 0. The number of benzene rings is 2. The van der Waals surface area contributed by atoms with Crippen LogP contribution in [0, 0.1) is 12.7 Å². The fraction of sp³-hybridized carbons (Fsp3) is 0.292. The van der Waals surface area contributed by atoms with Crippen molar-refractivity contribution in [1.82, 2.24) is 9.47 Å². The van der Waals surface area contributed by atoms with Crippen molar-refractivity contribution < 1.29 is 22.7 Å². The molecule has 0 aliphatic carbocycles. The molecule has 2 aliphatic rings. The van der Waals surface area contributed by atoms with Crippen molar-refractivity contribution in [3.63, 3.8) is 0 Å². The molecule has 166 valence electrons. The summed E-state index contributed by atoms with van der Waals surface area (Å²) in [5.74, 6) is -4.26. The molecular weight excluding hydrogens is 441 g/mol. The molecule has 32 heavy (non-hydrogen) atoms. The Balaban J connectivity index is 1.78. The third-order valence-electron chi connectivity index (χ3n) is 6.20. The molecule has 0 saturated carbocycles. The number of fused-ring (bicyclic) bond motifs is 2. The maximum Gasteiger partial charge on any atom is 0.313 e. The Morgan fingerprint density at radius 1 is 1.12 bits per heavy atom. The van der Waals surface area contributed by atoms with E-state index in [1.54, 1.807) is 30.0 Å². The minimum atomic E-state index is -3.29. The van der Waals surface area contributed by atoms with Gasteiger partial charge in [0.15, 0.2) is 0 Å². The van der Waals surface area contributed by atoms with E-state index in [1.165, 1.54) is 28.8 Å². The highest BCUT2D eigenvalue weighted by Crippen LogP contribution is 2.48. The van der Waals surface area contributed by atoms with Crippen LogP contribution in [0.3, 0.4) is 0 Å². The predicted molar refractivity (Wildman–Crippen MR) is 115 cm³/mol. The fourth-order valence-corrected chi connectivity index (χ4v) is 4.89. The lowest BCUT2D eigenvalue weighted by Gasteiger charge is -2.31. The molecule has 0 radical (unpaired) electrons. The van der Waals surface area contributed by atoms with Crippen molar-refractivity contribution >= 4 is 17.5 Å². The van der Waals surface area contributed by atoms with Crippen molar-refractivity contribution in [1.29, 1.82) is 0 Å². The van der Waals surface area contributed by atoms with Gasteiger partial charge in [-0.1, -0.05) is 41.9 Å². The van der Waals surface area contributed by atoms with E-state index in [0.29, 0.717) is 43.0 Å². The Kier molecular flexibility index (Phi) is 5.06. The van der Waals surface area contributed by atoms with Gasteiger partial charge in [0.1, 0.15) is 11.5 Å². The Bertz CT molecular complexity index is 1230. The molecule has 8 heteroatoms. The Hall–Kier alpha value is -2.77. The first-order valence-electron chi connectivity index (χ1n) is 10.3. The third-order valence-corrected chi connectivity index (χ3v) is 6.49. The standard InChI is InChI=1S/C24H20ClF3N2O2/c1-14-20(15-6-7-19(26)18(25)12-15)21(23(31)29-8-10-32-11-9-29)30-13-16-4-2-3-5-17(16)24(27,28)22(14)30/h2-7,12H,8-11,13H2,1H3. The first kappa shape index (κ1) is 21.1. The highest BCUT2D eigenvalue weighted by atomic mass is 35.5. The molecule has 2 aliphatic heterocycles. The van der Waals surface area contributed by atoms with Gasteiger partial charge in [-0.2, -0.15) is 8.78 Å². The molecule has 0 bridgehead atoms. The maximum atomic E-state index is 15.8. The number of amides is 1. The number of nitrogens with zero attached hydrogens (tertiary/aromatic N) is 2. The van der Waals surface area contributed by atoms with Gasteiger partial charge in [0.2, 0.25) is 0 Å². The van der Waals surface area contributed by atoms with Crippen LogP contribution in [-0.2, 0) is 17.2 Å². The molecule has 1 aromatic heterocycles. The summed E-state index contributed by atoms with van der Waals surface area (Å²) in [6.45, 7) is 3.23. The zero-order valence-corrected chi connectivity index (χ0v) is 18.1. The smallest absolute Gasteiger partial charge is 0.313 e. The molecule has 5 rings (SSSR count). The lowest BCUT2D eigenvalue weighted by Crippen LogP contribution is -2.42. The van der Waals surface area contributed by atoms with Gasteiger partial charge in [-0.3, -0.25) is 4.79 Å². The Morgan fingerprint density at radius 2 is 1.84 bits per heavy atom. The van der Waals surface area contributed by atoms with Gasteiger partial charge in [0, 0.05) is 30.8 Å². The molecule has 0 N–H and O–H groups in total. The van der Waals surface area contributed by atoms with Crippen LogP contribution in [0.15, 0.2) is 42.5 Å². The fourth-order valence-electron chi connectivity index (χ4n) is 4.71. The second-order valence-corrected chi connectivity index (χ2v) is 8.46. The second-order valence-electron chi connectivity index (χ2n) is 8.05. The molecular formula is C24H20ClF3N2O2. The van der Waals surface area contributed by atoms with Gasteiger partial charge < -0.3 is 14.2 Å². The van der Waals surface area contributed by atoms with Gasteiger partial charge in [-0.25, -0.2) is 4.39 Å². The van der Waals surface area contributed by atoms with Crippen LogP contribution < -0.4 is 0 Å². The first-order chi connectivity index (χ1) is 15.3. The van der Waals surface area contributed by atoms with E-state index in [2.05, 4.69) is 0 Å². The summed E-state index contributed by atoms with van der Waals surface area (Å²) in [4.78, 5) is 15.3. The van der Waals surface area contributed by atoms with Crippen LogP contribution >= 0.6 is 11.6 Å². The number of alkyl halides is 2. The Labute approximate surface area is 188 Å². The maximum absolute atomic E-state index is 15.8. The van der Waals surface area contributed by atoms with E-state index < -0.39 is 11.7 Å². The summed E-state index contributed by atoms with van der Waals surface area (Å²) >= 11 is 6.01. The number of rotatable bonds is 2. The molecule has 0 atom stereocenters. The van der Waals surface area contributed by atoms with Crippen LogP contribution in [0.5, 0.6) is 0 Å². The Morgan fingerprint density at radius 3 is 2.56 bits per heavy atom. The zero-order valence-electron chi connectivity index (χ0n) is 17.3. The highest BCUT2D eigenvalue weighted by molar-refractivity contribution is 6.31. The summed E-state index contributed by atoms with van der Waals surface area (Å²) in [6, 6.07) is 10.4. The summed E-state index contributed by atoms with van der Waals surface area (Å²) in [5.41, 5.74) is 1.39. The number of halogens is 4. The molecule has 3 aromatic rings. The van der Waals surface area contributed by atoms with E-state index in [9.17, 15) is 9.18 Å². The molecule has 1 saturated heterocycles. The van der Waals surface area contributed by atoms with Gasteiger partial charge in [-0.05, 0) is 35.7 Å². The summed E-state index contributed by atoms with van der Waals surface area (Å²) in [7, 11) is 0. The number of hydrogen-bond acceptors (Lipinski definition) is 2. The number of morpholine rings is 1. The van der Waals surface area contributed by atoms with Crippen molar-refractivity contribution in [3.05, 3.63) is 81.4 Å². The monoisotopic (exact) mass is 460 g/mol. The van der Waals surface area contributed by atoms with E-state index in [4.69, 9.17) is 16.3 Å². The molecule has 4 nitrogen and oxygen atoms in total. The van der Waals surface area contributed by atoms with Crippen LogP contribution in [0.25, 0.3) is 11.1 Å². The van der Waals surface area contributed by atoms with Crippen LogP contribution in [-0.4, -0.2) is 41.7 Å². The normalized spacial score (nSPS) is 17.1. The van der Waals surface area contributed by atoms with Gasteiger partial charge in [0.05, 0.1) is 23.9 Å². The van der Waals surface area contributed by atoms with Crippen LogP contribution in [0.1, 0.15) is 32.9 Å². The third kappa shape index (κ3) is 3.14. The summed E-state index contributed by atoms with van der Waals surface area (Å²) in [5, 5.41) is -0.133. The molecule has 0 unspecified atom stereocenters. The average molecular weight is 461 g/mol. The number of aromatic nitrogens is 1. The largest absolute Gasteiger partial charge is 0.378 e. The number of hydrogen-bond donors (Lipinski definition) is 0. The second kappa shape index (κ2) is 7.67. The lowest BCUT2D eigenvalue weighted by molar-refractivity contribution is 0.0244. The lowest BCUT2D eigenvalue weighted by atomic mass is 9.93. The van der Waals surface area contributed by atoms with Crippen molar-refractivity contribution in [2.45, 2.75) is 19.4 Å². The van der Waals surface area contributed by atoms with E-state index in [1.807, 2.05) is 0 Å². The number of ether oxygens (including phenoxy) is 1. The van der Waals surface area contributed by atoms with Gasteiger partial charge in [-0.15, -0.1) is 0 Å². The average Bonchev–Trinajstić information content (AvgIpc) is 3.08. The molecule has 1 fully saturated rings. The minimum Gasteiger partial charge on any atom is -0.378 e. The molecule has 2 aromatic carbocycles. The van der Waals surface area contributed by atoms with E-state index in [-0.39, 0.29) is 40.0 Å². The first-order valence-corrected chi connectivity index (χ1v) is 10.7. The van der Waals surface area contributed by atoms with Crippen LogP contribution in [0.2, 0.25) is 5.02 Å². The van der Waals surface area contributed by atoms with Crippen molar-refractivity contribution in [2.75, 3.05) is 26.3 Å². The van der Waals surface area contributed by atoms with Crippen molar-refractivity contribution in [3.8, 4) is 11.1 Å². The van der Waals surface area contributed by atoms with Crippen molar-refractivity contribution in [2.24, 2.45) is 0 Å².